The van der Waals surface area contributed by atoms with E-state index in [2.05, 4.69) is 18.4 Å². The molecule has 0 amide bonds. The van der Waals surface area contributed by atoms with Crippen molar-refractivity contribution >= 4 is 5.82 Å². The molecule has 0 radical (unpaired) electrons. The lowest BCUT2D eigenvalue weighted by molar-refractivity contribution is 0.355. The third-order valence-electron chi connectivity index (χ3n) is 5.50. The normalized spacial score (nSPS) is 21.5. The van der Waals surface area contributed by atoms with Crippen molar-refractivity contribution < 1.29 is 0 Å². The van der Waals surface area contributed by atoms with Crippen molar-refractivity contribution in [3.8, 4) is 0 Å². The first kappa shape index (κ1) is 14.9. The van der Waals surface area contributed by atoms with Gasteiger partial charge in [-0.3, -0.25) is 0 Å². The predicted octanol–water partition coefficient (Wildman–Crippen LogP) is 4.83. The van der Waals surface area contributed by atoms with Gasteiger partial charge in [0.05, 0.1) is 5.69 Å². The summed E-state index contributed by atoms with van der Waals surface area (Å²) < 4.78 is 2.33. The molecule has 21 heavy (non-hydrogen) atoms. The Kier molecular flexibility index (Phi) is 4.56. The molecule has 0 atom stereocenters. The quantitative estimate of drug-likeness (QED) is 0.863. The Morgan fingerprint density at radius 1 is 1.05 bits per heavy atom. The molecule has 1 heterocycles. The molecular formula is C18H31N3. The Labute approximate surface area is 129 Å². The molecule has 3 rings (SSSR count). The Balaban J connectivity index is 1.84. The third kappa shape index (κ3) is 3.12. The van der Waals surface area contributed by atoms with Gasteiger partial charge in [-0.05, 0) is 39.0 Å². The van der Waals surface area contributed by atoms with E-state index in [1.165, 1.54) is 69.3 Å². The van der Waals surface area contributed by atoms with E-state index in [0.29, 0.717) is 12.0 Å². The molecule has 3 heteroatoms. The van der Waals surface area contributed by atoms with Crippen molar-refractivity contribution in [2.45, 2.75) is 90.0 Å². The number of hydrogen-bond donors (Lipinski definition) is 1. The van der Waals surface area contributed by atoms with Crippen LogP contribution in [0.2, 0.25) is 0 Å². The van der Waals surface area contributed by atoms with Gasteiger partial charge in [-0.2, -0.15) is 0 Å². The van der Waals surface area contributed by atoms with Gasteiger partial charge >= 0.3 is 0 Å². The van der Waals surface area contributed by atoms with Crippen LogP contribution < -0.4 is 5.73 Å². The first-order valence-electron chi connectivity index (χ1n) is 9.03. The van der Waals surface area contributed by atoms with Gasteiger partial charge < -0.3 is 10.3 Å². The number of hydrogen-bond acceptors (Lipinski definition) is 2. The molecule has 0 saturated heterocycles. The number of aromatic nitrogens is 2. The zero-order valence-electron chi connectivity index (χ0n) is 13.8. The zero-order valence-corrected chi connectivity index (χ0v) is 13.8. The maximum Gasteiger partial charge on any atom is 0.127 e. The van der Waals surface area contributed by atoms with Gasteiger partial charge in [-0.15, -0.1) is 0 Å². The largest absolute Gasteiger partial charge is 0.384 e. The number of nitrogens with two attached hydrogens (primary N) is 1. The minimum atomic E-state index is 0.424. The first-order valence-corrected chi connectivity index (χ1v) is 9.03. The summed E-state index contributed by atoms with van der Waals surface area (Å²) in [5.74, 6) is 3.70. The molecule has 118 valence electrons. The fourth-order valence-corrected chi connectivity index (χ4v) is 4.34. The summed E-state index contributed by atoms with van der Waals surface area (Å²) in [6.45, 7) is 4.47. The molecule has 2 N–H and O–H groups in total. The van der Waals surface area contributed by atoms with E-state index in [4.69, 9.17) is 10.7 Å². The van der Waals surface area contributed by atoms with Crippen molar-refractivity contribution in [3.05, 3.63) is 11.5 Å². The minimum absolute atomic E-state index is 0.424. The Morgan fingerprint density at radius 3 is 2.29 bits per heavy atom. The maximum atomic E-state index is 6.49. The highest BCUT2D eigenvalue weighted by Crippen LogP contribution is 2.37. The smallest absolute Gasteiger partial charge is 0.127 e. The fraction of sp³-hybridized carbons (Fsp3) is 0.833. The maximum absolute atomic E-state index is 6.49. The van der Waals surface area contributed by atoms with E-state index in [9.17, 15) is 0 Å². The van der Waals surface area contributed by atoms with Crippen LogP contribution in [0.3, 0.4) is 0 Å². The molecule has 1 aromatic rings. The van der Waals surface area contributed by atoms with Crippen molar-refractivity contribution in [1.82, 2.24) is 9.55 Å². The molecule has 2 saturated carbocycles. The Bertz CT molecular complexity index is 463. The van der Waals surface area contributed by atoms with Crippen LogP contribution in [-0.4, -0.2) is 9.55 Å². The van der Waals surface area contributed by atoms with Crippen molar-refractivity contribution in [2.24, 2.45) is 5.92 Å². The van der Waals surface area contributed by atoms with Crippen molar-refractivity contribution in [3.63, 3.8) is 0 Å². The number of imidazole rings is 1. The third-order valence-corrected chi connectivity index (χ3v) is 5.50. The number of nitrogens with zero attached hydrogens (tertiary/aromatic N) is 2. The van der Waals surface area contributed by atoms with Gasteiger partial charge in [0, 0.05) is 12.0 Å². The molecule has 2 aliphatic rings. The molecule has 0 bridgehead atoms. The summed E-state index contributed by atoms with van der Waals surface area (Å²) in [5.41, 5.74) is 7.68. The van der Waals surface area contributed by atoms with Crippen LogP contribution in [0.4, 0.5) is 5.82 Å². The second-order valence-corrected chi connectivity index (χ2v) is 7.46. The van der Waals surface area contributed by atoms with Crippen molar-refractivity contribution in [2.75, 3.05) is 5.73 Å². The molecule has 0 spiro atoms. The first-order chi connectivity index (χ1) is 10.2. The van der Waals surface area contributed by atoms with Crippen LogP contribution in [0.25, 0.3) is 0 Å². The molecule has 2 fully saturated rings. The number of rotatable bonds is 4. The summed E-state index contributed by atoms with van der Waals surface area (Å²) in [7, 11) is 0. The van der Waals surface area contributed by atoms with E-state index >= 15 is 0 Å². The van der Waals surface area contributed by atoms with Gasteiger partial charge in [-0.25, -0.2) is 4.98 Å². The fourth-order valence-electron chi connectivity index (χ4n) is 4.34. The lowest BCUT2D eigenvalue weighted by atomic mass is 9.86. The van der Waals surface area contributed by atoms with Gasteiger partial charge in [0.1, 0.15) is 11.6 Å². The summed E-state index contributed by atoms with van der Waals surface area (Å²) in [4.78, 5) is 5.05. The molecule has 2 aliphatic carbocycles. The van der Waals surface area contributed by atoms with Crippen LogP contribution in [0.5, 0.6) is 0 Å². The Hall–Kier alpha value is -0.990. The Morgan fingerprint density at radius 2 is 1.67 bits per heavy atom. The molecular weight excluding hydrogens is 258 g/mol. The number of anilines is 1. The topological polar surface area (TPSA) is 43.8 Å². The van der Waals surface area contributed by atoms with Crippen LogP contribution >= 0.6 is 0 Å². The highest BCUT2D eigenvalue weighted by molar-refractivity contribution is 5.40. The van der Waals surface area contributed by atoms with E-state index in [-0.39, 0.29) is 0 Å². The van der Waals surface area contributed by atoms with Crippen LogP contribution in [0.15, 0.2) is 0 Å². The highest BCUT2D eigenvalue weighted by Gasteiger charge is 2.27. The number of nitrogen functional groups attached to an aromatic ring is 1. The zero-order chi connectivity index (χ0) is 14.8. The molecule has 1 aromatic heterocycles. The average Bonchev–Trinajstić information content (AvgIpc) is 3.09. The summed E-state index contributed by atoms with van der Waals surface area (Å²) >= 11 is 0. The predicted molar refractivity (Wildman–Crippen MR) is 88.5 cm³/mol. The summed E-state index contributed by atoms with van der Waals surface area (Å²) in [6.07, 6.45) is 13.3. The lowest BCUT2D eigenvalue weighted by Crippen LogP contribution is -2.13. The second-order valence-electron chi connectivity index (χ2n) is 7.46. The van der Waals surface area contributed by atoms with Crippen LogP contribution in [-0.2, 0) is 6.42 Å². The highest BCUT2D eigenvalue weighted by atomic mass is 15.2. The molecule has 0 aromatic carbocycles. The van der Waals surface area contributed by atoms with E-state index in [0.717, 1.165) is 18.2 Å². The monoisotopic (exact) mass is 289 g/mol. The molecule has 0 aliphatic heterocycles. The van der Waals surface area contributed by atoms with Crippen LogP contribution in [0, 0.1) is 5.92 Å². The molecule has 0 unspecified atom stereocenters. The average molecular weight is 289 g/mol. The van der Waals surface area contributed by atoms with Crippen LogP contribution in [0.1, 0.15) is 95.1 Å². The van der Waals surface area contributed by atoms with Crippen molar-refractivity contribution in [1.29, 1.82) is 0 Å². The van der Waals surface area contributed by atoms with Gasteiger partial charge in [-0.1, -0.05) is 44.9 Å². The summed E-state index contributed by atoms with van der Waals surface area (Å²) in [5, 5.41) is 0. The van der Waals surface area contributed by atoms with Gasteiger partial charge in [0.15, 0.2) is 0 Å². The van der Waals surface area contributed by atoms with Gasteiger partial charge in [0.25, 0.3) is 0 Å². The standard InChI is InChI=1S/C18H31N3/c1-13(2)21-17(19)16(12-14-8-4-3-5-9-14)20-18(21)15-10-6-7-11-15/h13-15H,3-12,19H2,1-2H3. The molecule has 3 nitrogen and oxygen atoms in total. The lowest BCUT2D eigenvalue weighted by Gasteiger charge is -2.21. The second kappa shape index (κ2) is 6.41. The van der Waals surface area contributed by atoms with E-state index in [1.807, 2.05) is 0 Å². The summed E-state index contributed by atoms with van der Waals surface area (Å²) in [6, 6.07) is 0.424. The van der Waals surface area contributed by atoms with E-state index < -0.39 is 0 Å². The SMILES string of the molecule is CC(C)n1c(C2CCCC2)nc(CC2CCCCC2)c1N. The minimum Gasteiger partial charge on any atom is -0.384 e. The van der Waals surface area contributed by atoms with E-state index in [1.54, 1.807) is 0 Å². The van der Waals surface area contributed by atoms with Gasteiger partial charge in [0.2, 0.25) is 0 Å².